The first-order valence-corrected chi connectivity index (χ1v) is 7.70. The number of hydrogen-bond donors (Lipinski definition) is 0. The Hall–Kier alpha value is -1.33. The highest BCUT2D eigenvalue weighted by Crippen LogP contribution is 2.27. The lowest BCUT2D eigenvalue weighted by Crippen LogP contribution is -2.49. The van der Waals surface area contributed by atoms with E-state index in [9.17, 15) is 4.79 Å². The number of carbonyl (C=O) groups excluding carboxylic acids is 1. The standard InChI is InChI=1S/C16H24N2O3/c1-16(11-20-12-16)10-17(2)15(19)14-6-5-13(21-14)9-18-7-3-4-8-18/h5-6H,3-4,7-12H2,1-2H3. The van der Waals surface area contributed by atoms with E-state index < -0.39 is 0 Å². The first-order valence-electron chi connectivity index (χ1n) is 7.70. The number of rotatable bonds is 5. The van der Waals surface area contributed by atoms with E-state index in [2.05, 4.69) is 11.8 Å². The first-order chi connectivity index (χ1) is 10.1. The zero-order valence-electron chi connectivity index (χ0n) is 12.9. The number of nitrogens with zero attached hydrogens (tertiary/aromatic N) is 2. The predicted molar refractivity (Wildman–Crippen MR) is 79.1 cm³/mol. The van der Waals surface area contributed by atoms with Crippen LogP contribution in [0.15, 0.2) is 16.5 Å². The minimum atomic E-state index is -0.0456. The summed E-state index contributed by atoms with van der Waals surface area (Å²) < 4.78 is 11.0. The summed E-state index contributed by atoms with van der Waals surface area (Å²) in [6.07, 6.45) is 2.52. The fourth-order valence-electron chi connectivity index (χ4n) is 3.11. The largest absolute Gasteiger partial charge is 0.455 e. The lowest BCUT2D eigenvalue weighted by atomic mass is 9.88. The molecule has 2 aliphatic heterocycles. The Balaban J connectivity index is 1.57. The molecule has 1 amide bonds. The van der Waals surface area contributed by atoms with Crippen LogP contribution in [0.1, 0.15) is 36.1 Å². The van der Waals surface area contributed by atoms with Crippen molar-refractivity contribution in [3.05, 3.63) is 23.7 Å². The molecule has 3 rings (SSSR count). The third kappa shape index (κ3) is 3.30. The molecule has 2 fully saturated rings. The second kappa shape index (κ2) is 5.81. The molecule has 2 aliphatic rings. The number of likely N-dealkylation sites (tertiary alicyclic amines) is 1. The van der Waals surface area contributed by atoms with Gasteiger partial charge in [0.25, 0.3) is 5.91 Å². The second-order valence-electron chi connectivity index (χ2n) is 6.71. The highest BCUT2D eigenvalue weighted by atomic mass is 16.5. The van der Waals surface area contributed by atoms with Gasteiger partial charge in [0.15, 0.2) is 5.76 Å². The zero-order valence-corrected chi connectivity index (χ0v) is 12.9. The van der Waals surface area contributed by atoms with Gasteiger partial charge >= 0.3 is 0 Å². The van der Waals surface area contributed by atoms with E-state index in [4.69, 9.17) is 9.15 Å². The fourth-order valence-corrected chi connectivity index (χ4v) is 3.11. The number of ether oxygens (including phenoxy) is 1. The molecule has 0 aromatic carbocycles. The van der Waals surface area contributed by atoms with E-state index in [1.54, 1.807) is 11.0 Å². The van der Waals surface area contributed by atoms with E-state index in [-0.39, 0.29) is 11.3 Å². The van der Waals surface area contributed by atoms with E-state index in [1.165, 1.54) is 12.8 Å². The minimum absolute atomic E-state index is 0.0456. The van der Waals surface area contributed by atoms with Crippen molar-refractivity contribution in [2.45, 2.75) is 26.3 Å². The molecule has 5 heteroatoms. The average Bonchev–Trinajstić information content (AvgIpc) is 3.08. The van der Waals surface area contributed by atoms with Crippen LogP contribution < -0.4 is 0 Å². The van der Waals surface area contributed by atoms with Gasteiger partial charge < -0.3 is 14.1 Å². The van der Waals surface area contributed by atoms with Crippen molar-refractivity contribution in [2.24, 2.45) is 5.41 Å². The first kappa shape index (κ1) is 14.6. The lowest BCUT2D eigenvalue weighted by Gasteiger charge is -2.40. The van der Waals surface area contributed by atoms with E-state index in [1.807, 2.05) is 13.1 Å². The smallest absolute Gasteiger partial charge is 0.289 e. The molecule has 0 N–H and O–H groups in total. The van der Waals surface area contributed by atoms with Crippen LogP contribution in [0.2, 0.25) is 0 Å². The van der Waals surface area contributed by atoms with Crippen molar-refractivity contribution in [3.8, 4) is 0 Å². The van der Waals surface area contributed by atoms with Crippen LogP contribution in [0.3, 0.4) is 0 Å². The van der Waals surface area contributed by atoms with Gasteiger partial charge in [-0.15, -0.1) is 0 Å². The molecule has 0 saturated carbocycles. The molecule has 0 radical (unpaired) electrons. The SMILES string of the molecule is CN(CC1(C)COC1)C(=O)c1ccc(CN2CCCC2)o1. The van der Waals surface area contributed by atoms with Crippen molar-refractivity contribution < 1.29 is 13.9 Å². The summed E-state index contributed by atoms with van der Waals surface area (Å²) in [4.78, 5) is 16.5. The van der Waals surface area contributed by atoms with Crippen LogP contribution in [0, 0.1) is 5.41 Å². The van der Waals surface area contributed by atoms with Crippen LogP contribution in [-0.2, 0) is 11.3 Å². The van der Waals surface area contributed by atoms with Crippen molar-refractivity contribution in [1.82, 2.24) is 9.80 Å². The van der Waals surface area contributed by atoms with E-state index >= 15 is 0 Å². The molecule has 0 atom stereocenters. The Morgan fingerprint density at radius 1 is 1.33 bits per heavy atom. The van der Waals surface area contributed by atoms with Crippen molar-refractivity contribution >= 4 is 5.91 Å². The maximum atomic E-state index is 12.4. The molecule has 0 spiro atoms. The predicted octanol–water partition coefficient (Wildman–Crippen LogP) is 1.98. The monoisotopic (exact) mass is 292 g/mol. The van der Waals surface area contributed by atoms with Crippen LogP contribution in [0.4, 0.5) is 0 Å². The average molecular weight is 292 g/mol. The molecular weight excluding hydrogens is 268 g/mol. The Morgan fingerprint density at radius 3 is 2.67 bits per heavy atom. The molecule has 5 nitrogen and oxygen atoms in total. The fraction of sp³-hybridized carbons (Fsp3) is 0.688. The van der Waals surface area contributed by atoms with Crippen LogP contribution in [0.25, 0.3) is 0 Å². The Kier molecular flexibility index (Phi) is 4.04. The highest BCUT2D eigenvalue weighted by molar-refractivity contribution is 5.91. The topological polar surface area (TPSA) is 45.9 Å². The third-order valence-corrected chi connectivity index (χ3v) is 4.32. The van der Waals surface area contributed by atoms with E-state index in [0.717, 1.165) is 38.6 Å². The van der Waals surface area contributed by atoms with Crippen molar-refractivity contribution in [1.29, 1.82) is 0 Å². The number of amides is 1. The summed E-state index contributed by atoms with van der Waals surface area (Å²) in [6, 6.07) is 3.72. The van der Waals surface area contributed by atoms with Gasteiger partial charge in [0, 0.05) is 19.0 Å². The summed E-state index contributed by atoms with van der Waals surface area (Å²) >= 11 is 0. The number of hydrogen-bond acceptors (Lipinski definition) is 4. The van der Waals surface area contributed by atoms with E-state index in [0.29, 0.717) is 12.3 Å². The number of carbonyl (C=O) groups is 1. The van der Waals surface area contributed by atoms with Gasteiger partial charge in [-0.3, -0.25) is 9.69 Å². The zero-order chi connectivity index (χ0) is 14.9. The Morgan fingerprint density at radius 2 is 2.05 bits per heavy atom. The summed E-state index contributed by atoms with van der Waals surface area (Å²) in [7, 11) is 1.83. The molecule has 21 heavy (non-hydrogen) atoms. The van der Waals surface area contributed by atoms with Gasteiger partial charge in [-0.25, -0.2) is 0 Å². The maximum Gasteiger partial charge on any atom is 0.289 e. The summed E-state index contributed by atoms with van der Waals surface area (Å²) in [5.74, 6) is 1.28. The van der Waals surface area contributed by atoms with Gasteiger partial charge in [0.1, 0.15) is 5.76 Å². The summed E-state index contributed by atoms with van der Waals surface area (Å²) in [6.45, 7) is 7.36. The molecule has 3 heterocycles. The minimum Gasteiger partial charge on any atom is -0.455 e. The molecule has 0 unspecified atom stereocenters. The molecule has 1 aromatic heterocycles. The second-order valence-corrected chi connectivity index (χ2v) is 6.71. The number of furan rings is 1. The molecule has 2 saturated heterocycles. The summed E-state index contributed by atoms with van der Waals surface area (Å²) in [5.41, 5.74) is 0.0926. The molecule has 0 bridgehead atoms. The third-order valence-electron chi connectivity index (χ3n) is 4.32. The van der Waals surface area contributed by atoms with Gasteiger partial charge in [-0.1, -0.05) is 6.92 Å². The van der Waals surface area contributed by atoms with Crippen LogP contribution >= 0.6 is 0 Å². The lowest BCUT2D eigenvalue weighted by molar-refractivity contribution is -0.109. The van der Waals surface area contributed by atoms with Crippen molar-refractivity contribution in [2.75, 3.05) is 39.9 Å². The Bertz CT molecular complexity index is 501. The van der Waals surface area contributed by atoms with Gasteiger partial charge in [0.2, 0.25) is 0 Å². The quantitative estimate of drug-likeness (QED) is 0.832. The van der Waals surface area contributed by atoms with Gasteiger partial charge in [-0.05, 0) is 38.1 Å². The molecule has 116 valence electrons. The molecule has 1 aromatic rings. The van der Waals surface area contributed by atoms with Crippen molar-refractivity contribution in [3.63, 3.8) is 0 Å². The Labute approximate surface area is 125 Å². The maximum absolute atomic E-state index is 12.4. The highest BCUT2D eigenvalue weighted by Gasteiger charge is 2.36. The molecule has 0 aliphatic carbocycles. The van der Waals surface area contributed by atoms with Gasteiger partial charge in [-0.2, -0.15) is 0 Å². The van der Waals surface area contributed by atoms with Gasteiger partial charge in [0.05, 0.1) is 19.8 Å². The van der Waals surface area contributed by atoms with Crippen LogP contribution in [0.5, 0.6) is 0 Å². The normalized spacial score (nSPS) is 21.2. The van der Waals surface area contributed by atoms with Crippen LogP contribution in [-0.4, -0.2) is 55.6 Å². The molecular formula is C16H24N2O3. The summed E-state index contributed by atoms with van der Waals surface area (Å²) in [5, 5.41) is 0.